The average molecular weight is 287 g/mol. The first-order chi connectivity index (χ1) is 9.74. The second-order valence-corrected chi connectivity index (χ2v) is 5.81. The largest absolute Gasteiger partial charge is 0.396 e. The summed E-state index contributed by atoms with van der Waals surface area (Å²) in [6.07, 6.45) is 2.06. The molecule has 0 spiro atoms. The van der Waals surface area contributed by atoms with Gasteiger partial charge in [-0.05, 0) is 43.0 Å². The maximum absolute atomic E-state index is 5.24. The molecule has 2 nitrogen and oxygen atoms in total. The Hall–Kier alpha value is -1.61. The molecule has 1 aromatic heterocycles. The van der Waals surface area contributed by atoms with Crippen LogP contribution in [0.2, 0.25) is 0 Å². The van der Waals surface area contributed by atoms with Crippen LogP contribution in [0.3, 0.4) is 0 Å². The van der Waals surface area contributed by atoms with Crippen molar-refractivity contribution in [2.45, 2.75) is 33.6 Å². The SMILES string of the molecule is CCCO/N=C(\C)c1ccc(-c2ccc(CC)cc2)s1. The zero-order valence-electron chi connectivity index (χ0n) is 12.3. The Labute approximate surface area is 125 Å². The quantitative estimate of drug-likeness (QED) is 0.410. The van der Waals surface area contributed by atoms with Gasteiger partial charge in [0.2, 0.25) is 0 Å². The molecular weight excluding hydrogens is 266 g/mol. The molecule has 0 aliphatic carbocycles. The van der Waals surface area contributed by atoms with Crippen molar-refractivity contribution in [1.82, 2.24) is 0 Å². The molecule has 0 aliphatic heterocycles. The molecule has 2 rings (SSSR count). The van der Waals surface area contributed by atoms with Gasteiger partial charge in [-0.2, -0.15) is 0 Å². The number of hydrogen-bond acceptors (Lipinski definition) is 3. The maximum Gasteiger partial charge on any atom is 0.116 e. The summed E-state index contributed by atoms with van der Waals surface area (Å²) < 4.78 is 0. The molecule has 3 heteroatoms. The van der Waals surface area contributed by atoms with Crippen LogP contribution in [0.5, 0.6) is 0 Å². The van der Waals surface area contributed by atoms with E-state index in [1.165, 1.54) is 16.0 Å². The molecule has 0 amide bonds. The van der Waals surface area contributed by atoms with Gasteiger partial charge in [0.1, 0.15) is 6.61 Å². The van der Waals surface area contributed by atoms with Crippen molar-refractivity contribution in [3.8, 4) is 10.4 Å². The number of thiophene rings is 1. The lowest BCUT2D eigenvalue weighted by Gasteiger charge is -2.00. The summed E-state index contributed by atoms with van der Waals surface area (Å²) in [5.74, 6) is 0. The van der Waals surface area contributed by atoms with Crippen LogP contribution in [0.15, 0.2) is 41.6 Å². The van der Waals surface area contributed by atoms with Crippen LogP contribution in [-0.4, -0.2) is 12.3 Å². The fraction of sp³-hybridized carbons (Fsp3) is 0.353. The number of benzene rings is 1. The molecule has 106 valence electrons. The third-order valence-corrected chi connectivity index (χ3v) is 4.35. The number of nitrogens with zero attached hydrogens (tertiary/aromatic N) is 1. The second kappa shape index (κ2) is 7.25. The van der Waals surface area contributed by atoms with Gasteiger partial charge < -0.3 is 4.84 Å². The topological polar surface area (TPSA) is 21.6 Å². The molecule has 0 radical (unpaired) electrons. The lowest BCUT2D eigenvalue weighted by Crippen LogP contribution is -1.93. The van der Waals surface area contributed by atoms with E-state index >= 15 is 0 Å². The van der Waals surface area contributed by atoms with Gasteiger partial charge in [0.05, 0.1) is 10.6 Å². The van der Waals surface area contributed by atoms with E-state index in [1.807, 2.05) is 6.92 Å². The molecule has 0 atom stereocenters. The summed E-state index contributed by atoms with van der Waals surface area (Å²) in [7, 11) is 0. The van der Waals surface area contributed by atoms with Gasteiger partial charge in [-0.1, -0.05) is 43.3 Å². The van der Waals surface area contributed by atoms with Crippen molar-refractivity contribution in [1.29, 1.82) is 0 Å². The normalized spacial score (nSPS) is 11.7. The molecule has 1 aromatic carbocycles. The highest BCUT2D eigenvalue weighted by Crippen LogP contribution is 2.28. The predicted octanol–water partition coefficient (Wildman–Crippen LogP) is 5.13. The minimum absolute atomic E-state index is 0.675. The monoisotopic (exact) mass is 287 g/mol. The van der Waals surface area contributed by atoms with Gasteiger partial charge in [0.15, 0.2) is 0 Å². The summed E-state index contributed by atoms with van der Waals surface area (Å²) in [5.41, 5.74) is 3.58. The van der Waals surface area contributed by atoms with Crippen LogP contribution in [0.25, 0.3) is 10.4 Å². The Morgan fingerprint density at radius 2 is 1.85 bits per heavy atom. The van der Waals surface area contributed by atoms with Crippen LogP contribution in [0.1, 0.15) is 37.6 Å². The summed E-state index contributed by atoms with van der Waals surface area (Å²) in [5, 5.41) is 4.15. The highest BCUT2D eigenvalue weighted by Gasteiger charge is 2.05. The Kier molecular flexibility index (Phi) is 5.36. The third-order valence-electron chi connectivity index (χ3n) is 3.11. The Balaban J connectivity index is 2.13. The van der Waals surface area contributed by atoms with Crippen molar-refractivity contribution < 1.29 is 4.84 Å². The van der Waals surface area contributed by atoms with E-state index < -0.39 is 0 Å². The minimum atomic E-state index is 0.675. The van der Waals surface area contributed by atoms with Crippen LogP contribution in [-0.2, 0) is 11.3 Å². The fourth-order valence-corrected chi connectivity index (χ4v) is 2.82. The zero-order chi connectivity index (χ0) is 14.4. The lowest BCUT2D eigenvalue weighted by molar-refractivity contribution is 0.145. The Morgan fingerprint density at radius 3 is 2.50 bits per heavy atom. The zero-order valence-corrected chi connectivity index (χ0v) is 13.2. The van der Waals surface area contributed by atoms with Gasteiger partial charge in [0, 0.05) is 4.88 Å². The molecule has 1 heterocycles. The summed E-state index contributed by atoms with van der Waals surface area (Å²) >= 11 is 1.75. The van der Waals surface area contributed by atoms with Gasteiger partial charge in [-0.15, -0.1) is 11.3 Å². The summed E-state index contributed by atoms with van der Waals surface area (Å²) in [6, 6.07) is 13.0. The number of rotatable bonds is 6. The standard InChI is InChI=1S/C17H21NOS/c1-4-12-19-18-13(3)16-10-11-17(20-16)15-8-6-14(5-2)7-9-15/h6-11H,4-5,12H2,1-3H3/b18-13+. The van der Waals surface area contributed by atoms with E-state index in [0.717, 1.165) is 23.4 Å². The van der Waals surface area contributed by atoms with E-state index in [4.69, 9.17) is 4.84 Å². The molecule has 0 N–H and O–H groups in total. The van der Waals surface area contributed by atoms with E-state index in [1.54, 1.807) is 11.3 Å². The molecule has 0 unspecified atom stereocenters. The molecule has 2 aromatic rings. The number of aryl methyl sites for hydroxylation is 1. The van der Waals surface area contributed by atoms with Crippen LogP contribution < -0.4 is 0 Å². The fourth-order valence-electron chi connectivity index (χ4n) is 1.87. The molecule has 0 bridgehead atoms. The highest BCUT2D eigenvalue weighted by molar-refractivity contribution is 7.17. The van der Waals surface area contributed by atoms with E-state index in [2.05, 4.69) is 55.4 Å². The first-order valence-corrected chi connectivity index (χ1v) is 7.92. The molecule has 0 fully saturated rings. The minimum Gasteiger partial charge on any atom is -0.396 e. The first kappa shape index (κ1) is 14.8. The van der Waals surface area contributed by atoms with Gasteiger partial charge in [-0.3, -0.25) is 0 Å². The lowest BCUT2D eigenvalue weighted by atomic mass is 10.1. The van der Waals surface area contributed by atoms with Crippen molar-refractivity contribution in [3.63, 3.8) is 0 Å². The van der Waals surface area contributed by atoms with Crippen LogP contribution in [0, 0.1) is 0 Å². The Bertz CT molecular complexity index is 569. The van der Waals surface area contributed by atoms with E-state index in [-0.39, 0.29) is 0 Å². The van der Waals surface area contributed by atoms with Gasteiger partial charge in [-0.25, -0.2) is 0 Å². The molecule has 0 saturated heterocycles. The molecule has 20 heavy (non-hydrogen) atoms. The molecule has 0 aliphatic rings. The van der Waals surface area contributed by atoms with Gasteiger partial charge in [0.25, 0.3) is 0 Å². The number of hydrogen-bond donors (Lipinski definition) is 0. The predicted molar refractivity (Wildman–Crippen MR) is 87.6 cm³/mol. The Morgan fingerprint density at radius 1 is 1.10 bits per heavy atom. The highest BCUT2D eigenvalue weighted by atomic mass is 32.1. The molecular formula is C17H21NOS. The number of oxime groups is 1. The van der Waals surface area contributed by atoms with Crippen molar-refractivity contribution >= 4 is 17.0 Å². The summed E-state index contributed by atoms with van der Waals surface area (Å²) in [6.45, 7) is 6.92. The average Bonchev–Trinajstić information content (AvgIpc) is 2.97. The second-order valence-electron chi connectivity index (χ2n) is 4.72. The van der Waals surface area contributed by atoms with Crippen LogP contribution >= 0.6 is 11.3 Å². The molecule has 0 saturated carbocycles. The summed E-state index contributed by atoms with van der Waals surface area (Å²) in [4.78, 5) is 7.67. The smallest absolute Gasteiger partial charge is 0.116 e. The van der Waals surface area contributed by atoms with Crippen LogP contribution in [0.4, 0.5) is 0 Å². The third kappa shape index (κ3) is 3.70. The van der Waals surface area contributed by atoms with E-state index in [0.29, 0.717) is 6.61 Å². The van der Waals surface area contributed by atoms with Gasteiger partial charge >= 0.3 is 0 Å². The van der Waals surface area contributed by atoms with Crippen molar-refractivity contribution in [3.05, 3.63) is 46.8 Å². The maximum atomic E-state index is 5.24. The first-order valence-electron chi connectivity index (χ1n) is 7.10. The van der Waals surface area contributed by atoms with Crippen molar-refractivity contribution in [2.75, 3.05) is 6.61 Å². The van der Waals surface area contributed by atoms with E-state index in [9.17, 15) is 0 Å². The van der Waals surface area contributed by atoms with Crippen molar-refractivity contribution in [2.24, 2.45) is 5.16 Å².